The van der Waals surface area contributed by atoms with E-state index in [1.807, 2.05) is 7.05 Å². The zero-order valence-electron chi connectivity index (χ0n) is 12.3. The van der Waals surface area contributed by atoms with E-state index >= 15 is 0 Å². The Morgan fingerprint density at radius 2 is 1.84 bits per heavy atom. The minimum atomic E-state index is -0.196. The molecule has 2 aliphatic carbocycles. The van der Waals surface area contributed by atoms with Crippen LogP contribution in [0.2, 0.25) is 0 Å². The van der Waals surface area contributed by atoms with Gasteiger partial charge in [0.05, 0.1) is 12.7 Å². The number of Topliss-reactive ketones (excluding diaryl/α,β-unsaturated/α-hetero) is 1. The van der Waals surface area contributed by atoms with E-state index in [0.29, 0.717) is 12.4 Å². The highest BCUT2D eigenvalue weighted by molar-refractivity contribution is 5.80. The summed E-state index contributed by atoms with van der Waals surface area (Å²) in [5, 5.41) is 9.15. The number of carbonyl (C=O) groups excluding carboxylic acids is 1. The molecular weight excluding hydrogens is 240 g/mol. The van der Waals surface area contributed by atoms with Gasteiger partial charge in [-0.3, -0.25) is 9.69 Å². The summed E-state index contributed by atoms with van der Waals surface area (Å²) >= 11 is 0. The lowest BCUT2D eigenvalue weighted by atomic mass is 9.98. The van der Waals surface area contributed by atoms with E-state index in [2.05, 4.69) is 11.0 Å². The molecule has 0 radical (unpaired) electrons. The average molecular weight is 266 g/mol. The van der Waals surface area contributed by atoms with Gasteiger partial charge in [0.15, 0.2) is 0 Å². The third-order valence-corrected chi connectivity index (χ3v) is 4.16. The molecule has 0 saturated heterocycles. The number of nitriles is 1. The van der Waals surface area contributed by atoms with E-state index in [1.54, 1.807) is 7.11 Å². The normalized spacial score (nSPS) is 21.1. The van der Waals surface area contributed by atoms with Crippen LogP contribution in [0, 0.1) is 11.3 Å². The molecule has 0 heterocycles. The molecule has 4 nitrogen and oxygen atoms in total. The number of ether oxygens (including phenoxy) is 1. The van der Waals surface area contributed by atoms with Gasteiger partial charge in [-0.1, -0.05) is 12.8 Å². The standard InChI is InChI=1S/C10H18N2O.C5H8O/c1-12(7-8-13-2)10(9-11)5-3-4-6-10;6-5-3-1-2-4-5/h3-8H2,1-2H3;1-4H2. The minimum absolute atomic E-state index is 0.196. The number of hydrogen-bond acceptors (Lipinski definition) is 4. The Morgan fingerprint density at radius 3 is 2.21 bits per heavy atom. The smallest absolute Gasteiger partial charge is 0.132 e. The van der Waals surface area contributed by atoms with Crippen molar-refractivity contribution in [3.8, 4) is 6.07 Å². The van der Waals surface area contributed by atoms with E-state index in [4.69, 9.17) is 10.00 Å². The number of rotatable bonds is 4. The Labute approximate surface area is 116 Å². The first kappa shape index (κ1) is 16.1. The van der Waals surface area contributed by atoms with Gasteiger partial charge in [0.25, 0.3) is 0 Å². The van der Waals surface area contributed by atoms with Crippen molar-refractivity contribution in [1.82, 2.24) is 4.90 Å². The summed E-state index contributed by atoms with van der Waals surface area (Å²) < 4.78 is 5.01. The van der Waals surface area contributed by atoms with Crippen molar-refractivity contribution >= 4 is 5.78 Å². The summed E-state index contributed by atoms with van der Waals surface area (Å²) in [6.07, 6.45) is 8.38. The molecule has 0 atom stereocenters. The molecule has 2 rings (SSSR count). The van der Waals surface area contributed by atoms with Crippen LogP contribution >= 0.6 is 0 Å². The second-order valence-corrected chi connectivity index (χ2v) is 5.51. The van der Waals surface area contributed by atoms with Crippen LogP contribution in [-0.4, -0.2) is 43.5 Å². The summed E-state index contributed by atoms with van der Waals surface area (Å²) in [5.41, 5.74) is -0.196. The molecule has 108 valence electrons. The number of carbonyl (C=O) groups is 1. The molecule has 2 fully saturated rings. The highest BCUT2D eigenvalue weighted by Crippen LogP contribution is 2.33. The predicted octanol–water partition coefficient (Wildman–Crippen LogP) is 2.53. The van der Waals surface area contributed by atoms with E-state index in [0.717, 1.165) is 45.1 Å². The van der Waals surface area contributed by atoms with E-state index in [1.165, 1.54) is 12.8 Å². The number of hydrogen-bond donors (Lipinski definition) is 0. The molecule has 0 spiro atoms. The lowest BCUT2D eigenvalue weighted by Crippen LogP contribution is -2.44. The van der Waals surface area contributed by atoms with Gasteiger partial charge in [-0.15, -0.1) is 0 Å². The zero-order valence-corrected chi connectivity index (χ0v) is 12.3. The van der Waals surface area contributed by atoms with E-state index < -0.39 is 0 Å². The quantitative estimate of drug-likeness (QED) is 0.784. The van der Waals surface area contributed by atoms with Gasteiger partial charge in [0, 0.05) is 26.5 Å². The summed E-state index contributed by atoms with van der Waals surface area (Å²) in [6.45, 7) is 1.56. The molecule has 4 heteroatoms. The van der Waals surface area contributed by atoms with Crippen LogP contribution in [0.1, 0.15) is 51.4 Å². The van der Waals surface area contributed by atoms with Crippen molar-refractivity contribution in [1.29, 1.82) is 5.26 Å². The fourth-order valence-corrected chi connectivity index (χ4v) is 2.75. The number of nitrogens with zero attached hydrogens (tertiary/aromatic N) is 2. The van der Waals surface area contributed by atoms with Crippen LogP contribution in [0.25, 0.3) is 0 Å². The Morgan fingerprint density at radius 1 is 1.26 bits per heavy atom. The molecular formula is C15H26N2O2. The number of likely N-dealkylation sites (N-methyl/N-ethyl adjacent to an activating group) is 1. The fraction of sp³-hybridized carbons (Fsp3) is 0.867. The third kappa shape index (κ3) is 4.93. The van der Waals surface area contributed by atoms with Gasteiger partial charge >= 0.3 is 0 Å². The van der Waals surface area contributed by atoms with Gasteiger partial charge in [-0.05, 0) is 32.7 Å². The molecule has 0 unspecified atom stereocenters. The highest BCUT2D eigenvalue weighted by atomic mass is 16.5. The summed E-state index contributed by atoms with van der Waals surface area (Å²) in [6, 6.07) is 2.46. The molecule has 2 saturated carbocycles. The Kier molecular flexibility index (Phi) is 7.04. The van der Waals surface area contributed by atoms with Crippen LogP contribution < -0.4 is 0 Å². The van der Waals surface area contributed by atoms with Crippen LogP contribution in [0.5, 0.6) is 0 Å². The van der Waals surface area contributed by atoms with E-state index in [9.17, 15) is 4.79 Å². The maximum Gasteiger partial charge on any atom is 0.132 e. The van der Waals surface area contributed by atoms with Gasteiger partial charge in [0.2, 0.25) is 0 Å². The average Bonchev–Trinajstić information content (AvgIpc) is 3.08. The van der Waals surface area contributed by atoms with Crippen LogP contribution in [0.4, 0.5) is 0 Å². The SMILES string of the molecule is COCCN(C)C1(C#N)CCCC1.O=C1CCCC1. The monoisotopic (exact) mass is 266 g/mol. The Balaban J connectivity index is 0.000000250. The molecule has 0 bridgehead atoms. The largest absolute Gasteiger partial charge is 0.383 e. The molecule has 0 amide bonds. The van der Waals surface area contributed by atoms with Crippen LogP contribution in [0.3, 0.4) is 0 Å². The van der Waals surface area contributed by atoms with Gasteiger partial charge in [-0.25, -0.2) is 0 Å². The van der Waals surface area contributed by atoms with Gasteiger partial charge in [-0.2, -0.15) is 5.26 Å². The topological polar surface area (TPSA) is 53.3 Å². The maximum atomic E-state index is 10.2. The first-order valence-corrected chi connectivity index (χ1v) is 7.28. The highest BCUT2D eigenvalue weighted by Gasteiger charge is 2.37. The molecule has 0 N–H and O–H groups in total. The van der Waals surface area contributed by atoms with Crippen LogP contribution in [-0.2, 0) is 9.53 Å². The van der Waals surface area contributed by atoms with Gasteiger partial charge < -0.3 is 4.74 Å². The molecule has 0 aliphatic heterocycles. The maximum absolute atomic E-state index is 10.2. The Hall–Kier alpha value is -0.920. The van der Waals surface area contributed by atoms with Crippen LogP contribution in [0.15, 0.2) is 0 Å². The second kappa shape index (κ2) is 8.29. The van der Waals surface area contributed by atoms with E-state index in [-0.39, 0.29) is 5.54 Å². The summed E-state index contributed by atoms with van der Waals surface area (Å²) in [5.74, 6) is 0.454. The third-order valence-electron chi connectivity index (χ3n) is 4.16. The molecule has 0 aromatic heterocycles. The summed E-state index contributed by atoms with van der Waals surface area (Å²) in [4.78, 5) is 12.4. The molecule has 0 aromatic rings. The van der Waals surface area contributed by atoms with Crippen molar-refractivity contribution in [2.75, 3.05) is 27.3 Å². The minimum Gasteiger partial charge on any atom is -0.383 e. The van der Waals surface area contributed by atoms with Crippen molar-refractivity contribution in [3.05, 3.63) is 0 Å². The van der Waals surface area contributed by atoms with Crippen molar-refractivity contribution < 1.29 is 9.53 Å². The zero-order chi connectivity index (χ0) is 14.1. The summed E-state index contributed by atoms with van der Waals surface area (Å²) in [7, 11) is 3.72. The number of ketones is 1. The molecule has 0 aromatic carbocycles. The number of methoxy groups -OCH3 is 1. The van der Waals surface area contributed by atoms with Crippen molar-refractivity contribution in [2.24, 2.45) is 0 Å². The van der Waals surface area contributed by atoms with Crippen molar-refractivity contribution in [2.45, 2.75) is 56.9 Å². The lowest BCUT2D eigenvalue weighted by Gasteiger charge is -2.32. The first-order chi connectivity index (χ1) is 9.14. The molecule has 19 heavy (non-hydrogen) atoms. The Bertz CT molecular complexity index is 309. The fourth-order valence-electron chi connectivity index (χ4n) is 2.75. The lowest BCUT2D eigenvalue weighted by molar-refractivity contribution is -0.117. The second-order valence-electron chi connectivity index (χ2n) is 5.51. The van der Waals surface area contributed by atoms with Crippen molar-refractivity contribution in [3.63, 3.8) is 0 Å². The predicted molar refractivity (Wildman–Crippen MR) is 74.8 cm³/mol. The molecule has 2 aliphatic rings. The van der Waals surface area contributed by atoms with Gasteiger partial charge in [0.1, 0.15) is 11.3 Å². The first-order valence-electron chi connectivity index (χ1n) is 7.28.